The first-order valence-corrected chi connectivity index (χ1v) is 9.49. The minimum Gasteiger partial charge on any atom is -0.494 e. The van der Waals surface area contributed by atoms with Crippen molar-refractivity contribution in [1.82, 2.24) is 4.90 Å². The molecule has 8 heteroatoms. The zero-order chi connectivity index (χ0) is 20.8. The second kappa shape index (κ2) is 9.06. The normalized spacial score (nSPS) is 13.7. The molecule has 150 valence electrons. The lowest BCUT2D eigenvalue weighted by Gasteiger charge is -2.36. The Morgan fingerprint density at radius 3 is 2.45 bits per heavy atom. The third-order valence-corrected chi connectivity index (χ3v) is 4.79. The van der Waals surface area contributed by atoms with Gasteiger partial charge >= 0.3 is 0 Å². The van der Waals surface area contributed by atoms with E-state index in [-0.39, 0.29) is 17.2 Å². The van der Waals surface area contributed by atoms with Crippen molar-refractivity contribution < 1.29 is 14.5 Å². The van der Waals surface area contributed by atoms with E-state index in [1.54, 1.807) is 35.2 Å². The van der Waals surface area contributed by atoms with E-state index in [1.165, 1.54) is 12.1 Å². The van der Waals surface area contributed by atoms with Crippen molar-refractivity contribution in [3.8, 4) is 11.8 Å². The molecule has 2 aromatic carbocycles. The fourth-order valence-electron chi connectivity index (χ4n) is 3.25. The summed E-state index contributed by atoms with van der Waals surface area (Å²) < 4.78 is 5.54. The van der Waals surface area contributed by atoms with Gasteiger partial charge in [-0.25, -0.2) is 0 Å². The number of nitrogens with zero attached hydrogens (tertiary/aromatic N) is 4. The molecule has 1 fully saturated rings. The third kappa shape index (κ3) is 4.63. The molecular weight excluding hydrogens is 372 g/mol. The lowest BCUT2D eigenvalue weighted by Crippen LogP contribution is -2.49. The average molecular weight is 394 g/mol. The van der Waals surface area contributed by atoms with Gasteiger partial charge in [0.2, 0.25) is 0 Å². The summed E-state index contributed by atoms with van der Waals surface area (Å²) >= 11 is 0. The van der Waals surface area contributed by atoms with E-state index in [4.69, 9.17) is 4.74 Å². The van der Waals surface area contributed by atoms with Crippen LogP contribution in [-0.2, 0) is 0 Å². The zero-order valence-corrected chi connectivity index (χ0v) is 16.2. The van der Waals surface area contributed by atoms with E-state index in [0.29, 0.717) is 44.0 Å². The number of carbonyl (C=O) groups is 1. The predicted octanol–water partition coefficient (Wildman–Crippen LogP) is 3.22. The Labute approximate surface area is 169 Å². The molecule has 3 rings (SSSR count). The fraction of sp³-hybridized carbons (Fsp3) is 0.333. The molecule has 1 saturated heterocycles. The van der Waals surface area contributed by atoms with Crippen LogP contribution in [0.1, 0.15) is 29.3 Å². The van der Waals surface area contributed by atoms with E-state index in [1.807, 2.05) is 17.9 Å². The Morgan fingerprint density at radius 1 is 1.17 bits per heavy atom. The summed E-state index contributed by atoms with van der Waals surface area (Å²) in [6, 6.07) is 13.5. The molecule has 8 nitrogen and oxygen atoms in total. The van der Waals surface area contributed by atoms with Crippen LogP contribution in [0.2, 0.25) is 0 Å². The van der Waals surface area contributed by atoms with Gasteiger partial charge in [0.25, 0.3) is 11.6 Å². The highest BCUT2D eigenvalue weighted by Crippen LogP contribution is 2.26. The molecule has 0 aliphatic carbocycles. The van der Waals surface area contributed by atoms with E-state index < -0.39 is 4.92 Å². The molecule has 1 heterocycles. The molecule has 0 atom stereocenters. The number of piperazine rings is 1. The number of hydrogen-bond acceptors (Lipinski definition) is 6. The SMILES string of the molecule is CCCOc1ccc(C(=O)N2CCN(c3ccc([N+](=O)[O-])cc3C#N)CC2)cc1. The van der Waals surface area contributed by atoms with Crippen molar-refractivity contribution >= 4 is 17.3 Å². The maximum absolute atomic E-state index is 12.8. The van der Waals surface area contributed by atoms with Crippen LogP contribution in [0.3, 0.4) is 0 Å². The lowest BCUT2D eigenvalue weighted by atomic mass is 10.1. The second-order valence-corrected chi connectivity index (χ2v) is 6.72. The minimum absolute atomic E-state index is 0.0455. The van der Waals surface area contributed by atoms with Crippen LogP contribution in [0.5, 0.6) is 5.75 Å². The van der Waals surface area contributed by atoms with E-state index in [2.05, 4.69) is 0 Å². The molecule has 0 bridgehead atoms. The molecule has 0 aromatic heterocycles. The first-order chi connectivity index (χ1) is 14.0. The number of hydrogen-bond donors (Lipinski definition) is 0. The van der Waals surface area contributed by atoms with Crippen LogP contribution < -0.4 is 9.64 Å². The first-order valence-electron chi connectivity index (χ1n) is 9.49. The summed E-state index contributed by atoms with van der Waals surface area (Å²) in [6.07, 6.45) is 0.924. The third-order valence-electron chi connectivity index (χ3n) is 4.79. The standard InChI is InChI=1S/C21H22N4O4/c1-2-13-29-19-6-3-16(4-7-19)21(26)24-11-9-23(10-12-24)20-8-5-18(25(27)28)14-17(20)15-22/h3-8,14H,2,9-13H2,1H3. The van der Waals surface area contributed by atoms with Gasteiger partial charge in [-0.1, -0.05) is 6.92 Å². The Hall–Kier alpha value is -3.60. The van der Waals surface area contributed by atoms with Crippen LogP contribution in [-0.4, -0.2) is 48.5 Å². The van der Waals surface area contributed by atoms with Crippen molar-refractivity contribution in [3.63, 3.8) is 0 Å². The topological polar surface area (TPSA) is 99.7 Å². The van der Waals surface area contributed by atoms with Crippen LogP contribution in [0.25, 0.3) is 0 Å². The summed E-state index contributed by atoms with van der Waals surface area (Å²) in [6.45, 7) is 4.80. The average Bonchev–Trinajstić information content (AvgIpc) is 2.77. The van der Waals surface area contributed by atoms with Crippen LogP contribution in [0, 0.1) is 21.4 Å². The number of nitro benzene ring substituents is 1. The van der Waals surface area contributed by atoms with Gasteiger partial charge in [0.05, 0.1) is 22.8 Å². The molecule has 0 saturated carbocycles. The van der Waals surface area contributed by atoms with Gasteiger partial charge in [-0.15, -0.1) is 0 Å². The number of rotatable bonds is 6. The number of benzene rings is 2. The van der Waals surface area contributed by atoms with Crippen molar-refractivity contribution in [1.29, 1.82) is 5.26 Å². The molecular formula is C21H22N4O4. The molecule has 0 radical (unpaired) electrons. The predicted molar refractivity (Wildman–Crippen MR) is 108 cm³/mol. The van der Waals surface area contributed by atoms with E-state index >= 15 is 0 Å². The number of nitro groups is 1. The number of amides is 1. The highest BCUT2D eigenvalue weighted by molar-refractivity contribution is 5.94. The van der Waals surface area contributed by atoms with E-state index in [9.17, 15) is 20.2 Å². The Morgan fingerprint density at radius 2 is 1.86 bits per heavy atom. The quantitative estimate of drug-likeness (QED) is 0.551. The molecule has 1 aliphatic heterocycles. The summed E-state index contributed by atoms with van der Waals surface area (Å²) in [4.78, 5) is 26.9. The van der Waals surface area contributed by atoms with Gasteiger partial charge in [-0.2, -0.15) is 5.26 Å². The molecule has 0 spiro atoms. The second-order valence-electron chi connectivity index (χ2n) is 6.72. The molecule has 0 unspecified atom stereocenters. The molecule has 1 aliphatic rings. The van der Waals surface area contributed by atoms with Gasteiger partial charge < -0.3 is 14.5 Å². The number of anilines is 1. The smallest absolute Gasteiger partial charge is 0.270 e. The van der Waals surface area contributed by atoms with Gasteiger partial charge in [0, 0.05) is 43.9 Å². The van der Waals surface area contributed by atoms with Crippen molar-refractivity contribution in [2.24, 2.45) is 0 Å². The maximum atomic E-state index is 12.8. The zero-order valence-electron chi connectivity index (χ0n) is 16.2. The van der Waals surface area contributed by atoms with E-state index in [0.717, 1.165) is 12.2 Å². The Kier molecular flexibility index (Phi) is 6.29. The van der Waals surface area contributed by atoms with Gasteiger partial charge in [0.15, 0.2) is 0 Å². The highest BCUT2D eigenvalue weighted by atomic mass is 16.6. The largest absolute Gasteiger partial charge is 0.494 e. The van der Waals surface area contributed by atoms with Gasteiger partial charge in [-0.3, -0.25) is 14.9 Å². The number of non-ortho nitro benzene ring substituents is 1. The number of ether oxygens (including phenoxy) is 1. The maximum Gasteiger partial charge on any atom is 0.270 e. The van der Waals surface area contributed by atoms with Crippen LogP contribution >= 0.6 is 0 Å². The van der Waals surface area contributed by atoms with Crippen LogP contribution in [0.15, 0.2) is 42.5 Å². The van der Waals surface area contributed by atoms with Crippen LogP contribution in [0.4, 0.5) is 11.4 Å². The molecule has 29 heavy (non-hydrogen) atoms. The monoisotopic (exact) mass is 394 g/mol. The van der Waals surface area contributed by atoms with Crippen molar-refractivity contribution in [2.45, 2.75) is 13.3 Å². The van der Waals surface area contributed by atoms with Crippen molar-refractivity contribution in [3.05, 3.63) is 63.7 Å². The fourth-order valence-corrected chi connectivity index (χ4v) is 3.25. The Balaban J connectivity index is 1.64. The Bertz CT molecular complexity index is 929. The van der Waals surface area contributed by atoms with Gasteiger partial charge in [-0.05, 0) is 36.8 Å². The molecule has 2 aromatic rings. The summed E-state index contributed by atoms with van der Waals surface area (Å²) in [5, 5.41) is 20.3. The minimum atomic E-state index is -0.514. The van der Waals surface area contributed by atoms with Gasteiger partial charge in [0.1, 0.15) is 11.8 Å². The highest BCUT2D eigenvalue weighted by Gasteiger charge is 2.24. The summed E-state index contributed by atoms with van der Waals surface area (Å²) in [7, 11) is 0. The molecule has 1 amide bonds. The number of carbonyl (C=O) groups excluding carboxylic acids is 1. The molecule has 0 N–H and O–H groups in total. The number of nitriles is 1. The summed E-state index contributed by atoms with van der Waals surface area (Å²) in [5.74, 6) is 0.700. The first kappa shape index (κ1) is 20.1. The van der Waals surface area contributed by atoms with Crippen molar-refractivity contribution in [2.75, 3.05) is 37.7 Å². The summed E-state index contributed by atoms with van der Waals surface area (Å²) in [5.41, 5.74) is 1.42. The lowest BCUT2D eigenvalue weighted by molar-refractivity contribution is -0.384.